The molecule has 4 nitrogen and oxygen atoms in total. The van der Waals surface area contributed by atoms with Crippen LogP contribution in [0, 0.1) is 0 Å². The third-order valence-electron chi connectivity index (χ3n) is 7.60. The van der Waals surface area contributed by atoms with E-state index in [4.69, 9.17) is 9.47 Å². The maximum Gasteiger partial charge on any atom is 0.119 e. The largest absolute Gasteiger partial charge is 0.492 e. The molecule has 2 aliphatic heterocycles. The van der Waals surface area contributed by atoms with Gasteiger partial charge in [0.15, 0.2) is 0 Å². The molecule has 0 bridgehead atoms. The average Bonchev–Trinajstić information content (AvgIpc) is 3.66. The summed E-state index contributed by atoms with van der Waals surface area (Å²) in [6.45, 7) is 8.50. The Labute approximate surface area is 205 Å². The highest BCUT2D eigenvalue weighted by molar-refractivity contribution is 5.82. The topological polar surface area (TPSA) is 24.9 Å². The van der Waals surface area contributed by atoms with Crippen LogP contribution in [0.3, 0.4) is 0 Å². The molecule has 0 amide bonds. The molecular formula is C30H40N2O2. The first kappa shape index (κ1) is 23.4. The van der Waals surface area contributed by atoms with Crippen molar-refractivity contribution in [2.24, 2.45) is 0 Å². The van der Waals surface area contributed by atoms with Crippen LogP contribution < -0.4 is 9.47 Å². The molecule has 1 aliphatic carbocycles. The van der Waals surface area contributed by atoms with E-state index in [-0.39, 0.29) is 0 Å². The van der Waals surface area contributed by atoms with Crippen LogP contribution in [-0.4, -0.2) is 62.3 Å². The summed E-state index contributed by atoms with van der Waals surface area (Å²) in [5.74, 6) is 1.95. The second-order valence-corrected chi connectivity index (χ2v) is 10.0. The summed E-state index contributed by atoms with van der Waals surface area (Å²) in [6, 6.07) is 17.5. The van der Waals surface area contributed by atoms with Gasteiger partial charge < -0.3 is 9.47 Å². The van der Waals surface area contributed by atoms with Crippen molar-refractivity contribution < 1.29 is 9.47 Å². The van der Waals surface area contributed by atoms with Crippen LogP contribution in [0.4, 0.5) is 0 Å². The Kier molecular flexibility index (Phi) is 8.21. The SMILES string of the molecule is c1cc(C(=C2CCCC2)c2ccc(OCCN3CCCC3)cc2)ccc1OCCN1CCCC1. The van der Waals surface area contributed by atoms with Crippen molar-refractivity contribution in [3.8, 4) is 11.5 Å². The highest BCUT2D eigenvalue weighted by Crippen LogP contribution is 2.37. The number of hydrogen-bond acceptors (Lipinski definition) is 4. The highest BCUT2D eigenvalue weighted by atomic mass is 16.5. The predicted molar refractivity (Wildman–Crippen MR) is 140 cm³/mol. The normalized spacial score (nSPS) is 19.1. The Balaban J connectivity index is 1.22. The van der Waals surface area contributed by atoms with Gasteiger partial charge in [0.05, 0.1) is 0 Å². The first-order valence-electron chi connectivity index (χ1n) is 13.5. The predicted octanol–water partition coefficient (Wildman–Crippen LogP) is 6.01. The maximum absolute atomic E-state index is 6.05. The zero-order valence-corrected chi connectivity index (χ0v) is 20.6. The van der Waals surface area contributed by atoms with Gasteiger partial charge >= 0.3 is 0 Å². The number of ether oxygens (including phenoxy) is 2. The fourth-order valence-electron chi connectivity index (χ4n) is 5.66. The monoisotopic (exact) mass is 460 g/mol. The molecule has 0 atom stereocenters. The van der Waals surface area contributed by atoms with Crippen LogP contribution in [0.25, 0.3) is 5.57 Å². The number of rotatable bonds is 10. The van der Waals surface area contributed by atoms with Gasteiger partial charge in [-0.25, -0.2) is 0 Å². The van der Waals surface area contributed by atoms with E-state index in [1.165, 1.54) is 94.2 Å². The van der Waals surface area contributed by atoms with Gasteiger partial charge in [-0.05, 0) is 119 Å². The van der Waals surface area contributed by atoms with E-state index < -0.39 is 0 Å². The molecule has 2 aromatic carbocycles. The molecule has 1 saturated carbocycles. The molecule has 4 heteroatoms. The Morgan fingerprint density at radius 1 is 0.559 bits per heavy atom. The lowest BCUT2D eigenvalue weighted by Crippen LogP contribution is -2.25. The summed E-state index contributed by atoms with van der Waals surface area (Å²) in [4.78, 5) is 4.99. The average molecular weight is 461 g/mol. The molecule has 3 fully saturated rings. The van der Waals surface area contributed by atoms with Gasteiger partial charge in [-0.15, -0.1) is 0 Å². The zero-order valence-electron chi connectivity index (χ0n) is 20.6. The van der Waals surface area contributed by atoms with E-state index in [9.17, 15) is 0 Å². The van der Waals surface area contributed by atoms with Crippen molar-refractivity contribution >= 4 is 5.57 Å². The van der Waals surface area contributed by atoms with Crippen molar-refractivity contribution in [3.05, 3.63) is 65.2 Å². The van der Waals surface area contributed by atoms with Crippen molar-refractivity contribution in [3.63, 3.8) is 0 Å². The van der Waals surface area contributed by atoms with Gasteiger partial charge in [-0.3, -0.25) is 9.80 Å². The van der Waals surface area contributed by atoms with E-state index in [0.29, 0.717) is 0 Å². The number of nitrogens with zero attached hydrogens (tertiary/aromatic N) is 2. The van der Waals surface area contributed by atoms with Crippen LogP contribution in [0.2, 0.25) is 0 Å². The summed E-state index contributed by atoms with van der Waals surface area (Å²) in [7, 11) is 0. The molecule has 34 heavy (non-hydrogen) atoms. The smallest absolute Gasteiger partial charge is 0.119 e. The minimum atomic E-state index is 0.770. The van der Waals surface area contributed by atoms with Gasteiger partial charge in [0.2, 0.25) is 0 Å². The summed E-state index contributed by atoms with van der Waals surface area (Å²) in [5, 5.41) is 0. The number of hydrogen-bond donors (Lipinski definition) is 0. The van der Waals surface area contributed by atoms with E-state index in [1.54, 1.807) is 5.57 Å². The lowest BCUT2D eigenvalue weighted by Gasteiger charge is -2.17. The second kappa shape index (κ2) is 11.9. The molecule has 3 aliphatic rings. The Hall–Kier alpha value is -2.30. The second-order valence-electron chi connectivity index (χ2n) is 10.0. The lowest BCUT2D eigenvalue weighted by molar-refractivity contribution is 0.237. The van der Waals surface area contributed by atoms with Crippen LogP contribution in [0.1, 0.15) is 62.5 Å². The molecule has 5 rings (SSSR count). The van der Waals surface area contributed by atoms with Gasteiger partial charge in [0.1, 0.15) is 24.7 Å². The van der Waals surface area contributed by atoms with E-state index in [2.05, 4.69) is 58.3 Å². The van der Waals surface area contributed by atoms with Crippen molar-refractivity contribution in [2.75, 3.05) is 52.5 Å². The van der Waals surface area contributed by atoms with Gasteiger partial charge in [0.25, 0.3) is 0 Å². The van der Waals surface area contributed by atoms with Crippen LogP contribution >= 0.6 is 0 Å². The summed E-state index contributed by atoms with van der Waals surface area (Å²) in [6.07, 6.45) is 10.3. The Morgan fingerprint density at radius 2 is 0.971 bits per heavy atom. The third-order valence-corrected chi connectivity index (χ3v) is 7.60. The van der Waals surface area contributed by atoms with Crippen molar-refractivity contribution in [2.45, 2.75) is 51.4 Å². The first-order chi connectivity index (χ1) is 16.8. The molecule has 0 N–H and O–H groups in total. The fourth-order valence-corrected chi connectivity index (χ4v) is 5.66. The van der Waals surface area contributed by atoms with Gasteiger partial charge in [-0.2, -0.15) is 0 Å². The lowest BCUT2D eigenvalue weighted by atomic mass is 9.92. The van der Waals surface area contributed by atoms with E-state index in [0.717, 1.165) is 37.8 Å². The fraction of sp³-hybridized carbons (Fsp3) is 0.533. The molecule has 2 heterocycles. The van der Waals surface area contributed by atoms with Crippen LogP contribution in [0.5, 0.6) is 11.5 Å². The van der Waals surface area contributed by atoms with E-state index >= 15 is 0 Å². The minimum absolute atomic E-state index is 0.770. The molecule has 2 saturated heterocycles. The first-order valence-corrected chi connectivity index (χ1v) is 13.5. The van der Waals surface area contributed by atoms with Crippen molar-refractivity contribution in [1.82, 2.24) is 9.80 Å². The molecule has 0 unspecified atom stereocenters. The highest BCUT2D eigenvalue weighted by Gasteiger charge is 2.17. The number of allylic oxidation sites excluding steroid dienone is 1. The number of likely N-dealkylation sites (tertiary alicyclic amines) is 2. The van der Waals surface area contributed by atoms with Crippen LogP contribution in [-0.2, 0) is 0 Å². The minimum Gasteiger partial charge on any atom is -0.492 e. The summed E-state index contributed by atoms with van der Waals surface area (Å²) < 4.78 is 12.1. The zero-order chi connectivity index (χ0) is 23.0. The Morgan fingerprint density at radius 3 is 1.38 bits per heavy atom. The third kappa shape index (κ3) is 6.22. The number of benzene rings is 2. The summed E-state index contributed by atoms with van der Waals surface area (Å²) in [5.41, 5.74) is 5.59. The standard InChI is InChI=1S/C30H40N2O2/c1-2-8-25(7-1)30(26-9-13-28(14-10-26)33-23-21-31-17-3-4-18-31)27-11-15-29(16-12-27)34-24-22-32-19-5-6-20-32/h9-16H,1-8,17-24H2. The maximum atomic E-state index is 6.05. The summed E-state index contributed by atoms with van der Waals surface area (Å²) >= 11 is 0. The van der Waals surface area contributed by atoms with Crippen molar-refractivity contribution in [1.29, 1.82) is 0 Å². The quantitative estimate of drug-likeness (QED) is 0.433. The molecule has 2 aromatic rings. The van der Waals surface area contributed by atoms with E-state index in [1.807, 2.05) is 0 Å². The van der Waals surface area contributed by atoms with Gasteiger partial charge in [-0.1, -0.05) is 29.8 Å². The molecule has 0 radical (unpaired) electrons. The molecule has 0 aromatic heterocycles. The Bertz CT molecular complexity index is 848. The van der Waals surface area contributed by atoms with Crippen LogP contribution in [0.15, 0.2) is 54.1 Å². The van der Waals surface area contributed by atoms with Gasteiger partial charge in [0, 0.05) is 13.1 Å². The molecule has 0 spiro atoms. The molecular weight excluding hydrogens is 420 g/mol. The molecule has 182 valence electrons.